The van der Waals surface area contributed by atoms with Crippen LogP contribution in [0.25, 0.3) is 0 Å². The van der Waals surface area contributed by atoms with Gasteiger partial charge in [-0.15, -0.1) is 0 Å². The lowest BCUT2D eigenvalue weighted by molar-refractivity contribution is -0.496. The van der Waals surface area contributed by atoms with E-state index >= 15 is 0 Å². The SMILES string of the molecule is C=NC(=N/C(=C\C)CNC(=O)[C@@H]1CC(Nc2c(C[N+](=O)[O-])cc(Br)cc2C(=O)N2CCO[C@H](C)C2)CN1C(=O)/C(=C/C)CC=N/C=C/NC)C(C)F. The van der Waals surface area contributed by atoms with Gasteiger partial charge in [-0.3, -0.25) is 29.5 Å². The van der Waals surface area contributed by atoms with E-state index in [0.29, 0.717) is 35.4 Å². The third-order valence-electron chi connectivity index (χ3n) is 8.38. The summed E-state index contributed by atoms with van der Waals surface area (Å²) < 4.78 is 20.0. The first kappa shape index (κ1) is 41.6. The second-order valence-corrected chi connectivity index (χ2v) is 13.1. The molecule has 2 unspecified atom stereocenters. The number of likely N-dealkylation sites (tertiary alicyclic amines) is 1. The Balaban J connectivity index is 1.99. The second-order valence-electron chi connectivity index (χ2n) is 12.2. The molecule has 17 heteroatoms. The molecular formula is C35H47BrFN9O6. The number of hydrogen-bond acceptors (Lipinski definition) is 10. The number of morpholine rings is 1. The van der Waals surface area contributed by atoms with Gasteiger partial charge in [-0.2, -0.15) is 0 Å². The Labute approximate surface area is 311 Å². The minimum atomic E-state index is -1.48. The number of nitro groups is 1. The lowest BCUT2D eigenvalue weighted by Gasteiger charge is -2.32. The molecule has 0 bridgehead atoms. The topological polar surface area (TPSA) is 183 Å². The zero-order chi connectivity index (χ0) is 38.4. The molecule has 0 radical (unpaired) electrons. The van der Waals surface area contributed by atoms with E-state index < -0.39 is 41.5 Å². The summed E-state index contributed by atoms with van der Waals surface area (Å²) in [4.78, 5) is 68.1. The monoisotopic (exact) mass is 787 g/mol. The number of nitrogens with one attached hydrogen (secondary N) is 3. The number of nitrogens with zero attached hydrogens (tertiary/aromatic N) is 6. The fraction of sp³-hybridized carbons (Fsp3) is 0.486. The normalized spacial score (nSPS) is 20.7. The lowest BCUT2D eigenvalue weighted by atomic mass is 10.0. The van der Waals surface area contributed by atoms with Gasteiger partial charge in [0, 0.05) is 78.3 Å². The number of amidine groups is 1. The first-order chi connectivity index (χ1) is 24.8. The highest BCUT2D eigenvalue weighted by molar-refractivity contribution is 9.10. The first-order valence-corrected chi connectivity index (χ1v) is 17.7. The second kappa shape index (κ2) is 20.3. The predicted octanol–water partition coefficient (Wildman–Crippen LogP) is 4.04. The Kier molecular flexibility index (Phi) is 16.3. The van der Waals surface area contributed by atoms with Crippen LogP contribution in [0, 0.1) is 10.1 Å². The largest absolute Gasteiger partial charge is 0.393 e. The van der Waals surface area contributed by atoms with Crippen molar-refractivity contribution >= 4 is 58.1 Å². The van der Waals surface area contributed by atoms with E-state index in [-0.39, 0.29) is 60.6 Å². The van der Waals surface area contributed by atoms with E-state index in [2.05, 4.69) is 53.6 Å². The summed E-state index contributed by atoms with van der Waals surface area (Å²) in [5.41, 5.74) is 1.47. The molecule has 2 aliphatic heterocycles. The van der Waals surface area contributed by atoms with E-state index in [9.17, 15) is 28.9 Å². The molecule has 52 heavy (non-hydrogen) atoms. The molecule has 1 aromatic rings. The van der Waals surface area contributed by atoms with Crippen LogP contribution in [0.1, 0.15) is 56.5 Å². The highest BCUT2D eigenvalue weighted by Crippen LogP contribution is 2.32. The van der Waals surface area contributed by atoms with Crippen molar-refractivity contribution in [2.45, 2.75) is 71.4 Å². The summed E-state index contributed by atoms with van der Waals surface area (Å²) in [6.45, 7) is 10.3. The van der Waals surface area contributed by atoms with Crippen LogP contribution in [0.2, 0.25) is 0 Å². The number of anilines is 1. The molecule has 0 aliphatic carbocycles. The average Bonchev–Trinajstić information content (AvgIpc) is 3.54. The van der Waals surface area contributed by atoms with Gasteiger partial charge in [0.1, 0.15) is 6.04 Å². The maximum Gasteiger partial charge on any atom is 0.256 e. The van der Waals surface area contributed by atoms with Crippen molar-refractivity contribution in [2.24, 2.45) is 15.0 Å². The molecule has 282 valence electrons. The standard InChI is InChI=1S/C35H47BrFN9O6/c1-7-24(9-10-40-12-11-38-5)34(48)45-21-28(17-30(45)33(47)41-18-27(8-2)43-32(39-6)23(4)37)42-31-25(20-46(50)51)15-26(36)16-29(31)35(49)44-13-14-52-22(3)19-44/h7-8,10-12,15-16,22-23,28,30,38,42H,6,9,13-14,17-21H2,1-5H3,(H,41,47)/b12-11+,24-7+,27-8-,40-10?,43-32?/t22-,23?,28?,30+/m1/s1. The minimum Gasteiger partial charge on any atom is -0.393 e. The number of allylic oxidation sites excluding steroid dienone is 2. The molecule has 2 heterocycles. The lowest BCUT2D eigenvalue weighted by Crippen LogP contribution is -2.46. The van der Waals surface area contributed by atoms with Gasteiger partial charge in [0.2, 0.25) is 12.5 Å². The number of carbonyl (C=O) groups excluding carboxylic acids is 3. The van der Waals surface area contributed by atoms with Crippen LogP contribution in [0.5, 0.6) is 0 Å². The fourth-order valence-electron chi connectivity index (χ4n) is 5.80. The molecule has 0 spiro atoms. The van der Waals surface area contributed by atoms with Gasteiger partial charge in [0.15, 0.2) is 12.0 Å². The number of carbonyl (C=O) groups is 3. The number of rotatable bonds is 15. The molecule has 1 aromatic carbocycles. The Morgan fingerprint density at radius 3 is 2.62 bits per heavy atom. The summed E-state index contributed by atoms with van der Waals surface area (Å²) in [7, 11) is 1.73. The van der Waals surface area contributed by atoms with E-state index in [1.165, 1.54) is 11.8 Å². The summed E-state index contributed by atoms with van der Waals surface area (Å²) in [5.74, 6) is -1.36. The number of benzene rings is 1. The van der Waals surface area contributed by atoms with Crippen LogP contribution in [0.15, 0.2) is 67.4 Å². The molecule has 4 atom stereocenters. The van der Waals surface area contributed by atoms with Crippen molar-refractivity contribution in [3.8, 4) is 0 Å². The van der Waals surface area contributed by atoms with E-state index in [1.54, 1.807) is 68.7 Å². The Morgan fingerprint density at radius 1 is 1.25 bits per heavy atom. The van der Waals surface area contributed by atoms with Crippen molar-refractivity contribution < 1.29 is 28.4 Å². The molecule has 2 fully saturated rings. The van der Waals surface area contributed by atoms with Gasteiger partial charge in [-0.1, -0.05) is 28.1 Å². The molecule has 2 saturated heterocycles. The average molecular weight is 789 g/mol. The van der Waals surface area contributed by atoms with E-state index in [0.717, 1.165) is 0 Å². The quantitative estimate of drug-likeness (QED) is 0.0783. The molecule has 3 N–H and O–H groups in total. The summed E-state index contributed by atoms with van der Waals surface area (Å²) in [6.07, 6.45) is 6.65. The molecule has 15 nitrogen and oxygen atoms in total. The van der Waals surface area contributed by atoms with Crippen LogP contribution in [-0.2, 0) is 20.9 Å². The third kappa shape index (κ3) is 11.6. The summed E-state index contributed by atoms with van der Waals surface area (Å²) in [6, 6.07) is 1.62. The molecular weight excluding hydrogens is 741 g/mol. The van der Waals surface area contributed by atoms with Gasteiger partial charge in [-0.25, -0.2) is 14.4 Å². The van der Waals surface area contributed by atoms with E-state index in [4.69, 9.17) is 4.74 Å². The van der Waals surface area contributed by atoms with Crippen LogP contribution in [0.4, 0.5) is 10.1 Å². The smallest absolute Gasteiger partial charge is 0.256 e. The number of amides is 3. The maximum absolute atomic E-state index is 14.0. The van der Waals surface area contributed by atoms with Crippen molar-refractivity contribution in [1.29, 1.82) is 0 Å². The first-order valence-electron chi connectivity index (χ1n) is 16.9. The van der Waals surface area contributed by atoms with E-state index in [1.807, 2.05) is 6.92 Å². The summed E-state index contributed by atoms with van der Waals surface area (Å²) >= 11 is 3.41. The van der Waals surface area contributed by atoms with Gasteiger partial charge in [-0.05, 0) is 53.0 Å². The zero-order valence-electron chi connectivity index (χ0n) is 30.1. The number of halogens is 2. The number of ether oxygens (including phenoxy) is 1. The Bertz CT molecular complexity index is 1640. The zero-order valence-corrected chi connectivity index (χ0v) is 31.7. The highest BCUT2D eigenvalue weighted by Gasteiger charge is 2.41. The Morgan fingerprint density at radius 2 is 2.00 bits per heavy atom. The van der Waals surface area contributed by atoms with Gasteiger partial charge < -0.3 is 30.5 Å². The van der Waals surface area contributed by atoms with Crippen LogP contribution < -0.4 is 16.0 Å². The fourth-order valence-corrected chi connectivity index (χ4v) is 6.30. The van der Waals surface area contributed by atoms with Crippen LogP contribution in [0.3, 0.4) is 0 Å². The van der Waals surface area contributed by atoms with Gasteiger partial charge >= 0.3 is 0 Å². The molecule has 3 rings (SSSR count). The minimum absolute atomic E-state index is 0.0414. The Hall–Kier alpha value is -4.77. The van der Waals surface area contributed by atoms with Crippen molar-refractivity contribution in [2.75, 3.05) is 45.2 Å². The molecule has 3 amide bonds. The third-order valence-corrected chi connectivity index (χ3v) is 8.83. The number of hydrogen-bond donors (Lipinski definition) is 3. The molecule has 0 saturated carbocycles. The highest BCUT2D eigenvalue weighted by atomic mass is 79.9. The predicted molar refractivity (Wildman–Crippen MR) is 203 cm³/mol. The van der Waals surface area contributed by atoms with Gasteiger partial charge in [0.25, 0.3) is 11.8 Å². The number of aliphatic imine (C=N–C) groups is 3. The van der Waals surface area contributed by atoms with Gasteiger partial charge in [0.05, 0.1) is 36.2 Å². The maximum atomic E-state index is 14.0. The van der Waals surface area contributed by atoms with Crippen LogP contribution in [-0.4, -0.2) is 115 Å². The molecule has 0 aromatic heterocycles. The number of alkyl halides is 1. The molecule has 2 aliphatic rings. The van der Waals surface area contributed by atoms with Crippen LogP contribution >= 0.6 is 15.9 Å². The summed E-state index contributed by atoms with van der Waals surface area (Å²) in [5, 5.41) is 20.7. The van der Waals surface area contributed by atoms with Crippen molar-refractivity contribution in [3.63, 3.8) is 0 Å². The van der Waals surface area contributed by atoms with Crippen molar-refractivity contribution in [3.05, 3.63) is 73.7 Å². The van der Waals surface area contributed by atoms with Crippen molar-refractivity contribution in [1.82, 2.24) is 20.4 Å².